The zero-order chi connectivity index (χ0) is 42.5. The molecule has 5 radical (unpaired) electrons. The standard InChI is InChI=1S/C12H14S.C12H8S.C12H16.C12H10.CH3B.BH2.BH.4K.HPS.3H2.4H/c2*1-3-7-11-9(5-1)10-6-2-4-8-12(10)13-11;2*1-3-7-11(8-4-1)12-9-5-2-6-10-12;1-2;;;;;;;1-2;;;;;;;/h1,3,5,7,10,12H,2,4,6,8H2;1-8H;1,3-4,7-8,12H,2,5-6,9-10H2;1-10H;1H3;1H2;1H;;;;;1H;3*1H;;;;/q;;;;;;;4*+1;;;;;4*-1/i;;;;;1TD;1T;;;;;;;;;;;;. The maximum Gasteiger partial charge on any atom is 1.00 e. The molecule has 10 rings (SSSR count). The van der Waals surface area contributed by atoms with Crippen LogP contribution in [0.5, 0.6) is 0 Å². The molecule has 2 saturated carbocycles. The summed E-state index contributed by atoms with van der Waals surface area (Å²) in [5, 5.41) is 3.66. The summed E-state index contributed by atoms with van der Waals surface area (Å²) in [5.74, 6) is 1.75. The third kappa shape index (κ3) is 20.8. The third-order valence-electron chi connectivity index (χ3n) is 10.3. The second kappa shape index (κ2) is 39.0. The van der Waals surface area contributed by atoms with Crippen molar-refractivity contribution in [3.05, 3.63) is 175 Å². The fourth-order valence-electron chi connectivity index (χ4n) is 7.75. The maximum atomic E-state index is 5.75. The number of hydrogen-bond acceptors (Lipinski definition) is 3. The van der Waals surface area contributed by atoms with Gasteiger partial charge in [-0.2, -0.15) is 0 Å². The van der Waals surface area contributed by atoms with E-state index in [0.29, 0.717) is 8.34 Å². The summed E-state index contributed by atoms with van der Waals surface area (Å²) in [5.41, 5.74) is 5.74. The Morgan fingerprint density at radius 2 is 1.02 bits per heavy atom. The first-order valence-electron chi connectivity index (χ1n) is 21.1. The molecule has 1 aromatic heterocycles. The summed E-state index contributed by atoms with van der Waals surface area (Å²) < 4.78 is 19.5. The number of rotatable bonds is 2. The van der Waals surface area contributed by atoms with Gasteiger partial charge in [0.25, 0.3) is 0 Å². The Balaban J connectivity index is -0.0000000914. The molecular weight excluding hydrogens is 905 g/mol. The van der Waals surface area contributed by atoms with Gasteiger partial charge in [-0.1, -0.05) is 196 Å². The van der Waals surface area contributed by atoms with Crippen molar-refractivity contribution < 1.29 is 216 Å². The molecule has 0 N–H and O–H groups in total. The normalized spacial score (nSPS) is 15.4. The molecule has 7 aromatic rings. The van der Waals surface area contributed by atoms with Crippen molar-refractivity contribution in [2.45, 2.75) is 86.6 Å². The zero-order valence-corrected chi connectivity index (χ0v) is 52.6. The monoisotopic (exact) mass is 974 g/mol. The van der Waals surface area contributed by atoms with E-state index in [2.05, 4.69) is 199 Å². The number of thiophene rings is 1. The Kier molecular flexibility index (Phi) is 38.6. The van der Waals surface area contributed by atoms with Crippen LogP contribution in [0.3, 0.4) is 0 Å². The zero-order valence-electron chi connectivity index (χ0n) is 43.6. The molecule has 0 saturated heterocycles. The molecule has 6 aromatic carbocycles. The second-order valence-electron chi connectivity index (χ2n) is 13.7. The molecule has 0 bridgehead atoms. The van der Waals surface area contributed by atoms with Gasteiger partial charge in [0.2, 0.25) is 0 Å². The van der Waals surface area contributed by atoms with Crippen molar-refractivity contribution in [1.29, 1.82) is 4.01 Å². The third-order valence-corrected chi connectivity index (χ3v) is 13.0. The van der Waals surface area contributed by atoms with Crippen LogP contribution in [-0.2, 0) is 11.8 Å². The minimum Gasteiger partial charge on any atom is -1.00 e. The van der Waals surface area contributed by atoms with Gasteiger partial charge in [0.1, 0.15) is 0 Å². The average Bonchev–Trinajstić information content (AvgIpc) is 3.92. The largest absolute Gasteiger partial charge is 1.00 e. The summed E-state index contributed by atoms with van der Waals surface area (Å²) in [6, 6.07) is 57.9. The van der Waals surface area contributed by atoms with E-state index in [9.17, 15) is 0 Å². The van der Waals surface area contributed by atoms with E-state index in [0.717, 1.165) is 17.1 Å². The van der Waals surface area contributed by atoms with Crippen molar-refractivity contribution >= 4 is 87.7 Å². The van der Waals surface area contributed by atoms with Crippen LogP contribution in [0.2, 0.25) is 6.82 Å². The summed E-state index contributed by atoms with van der Waals surface area (Å²) in [6.45, 7) is 1.50. The predicted molar refractivity (Wildman–Crippen MR) is 275 cm³/mol. The topological polar surface area (TPSA) is 0 Å². The van der Waals surface area contributed by atoms with E-state index in [-0.39, 0.29) is 216 Å². The number of fused-ring (bicyclic) bond motifs is 6. The number of thioether (sulfide) groups is 1. The predicted octanol–water partition coefficient (Wildman–Crippen LogP) is 3.39. The Labute approximate surface area is 568 Å². The van der Waals surface area contributed by atoms with E-state index in [1.807, 2.05) is 23.5 Å². The fraction of sp³-hybridized carbons (Fsp3) is 0.265. The Bertz CT molecular complexity index is 2060. The SMILES string of the molecule is P=S.[2H][B][3H].[3H][B].[B]C.[H-].[H-].[H-].[H-].[HH].[HH].[HH].[K+].[K+].[K+].[K+].c1ccc(-c2ccccc2)cc1.c1ccc(C2CCCCC2)cc1.c1ccc2c(c1)SC1CCCCC21.c1ccc2c(c1)sc1ccccc12. The van der Waals surface area contributed by atoms with E-state index >= 15 is 0 Å². The van der Waals surface area contributed by atoms with Crippen LogP contribution >= 0.6 is 31.1 Å². The van der Waals surface area contributed by atoms with Crippen molar-refractivity contribution in [3.8, 4) is 11.1 Å². The van der Waals surface area contributed by atoms with E-state index in [4.69, 9.17) is 4.01 Å². The first kappa shape index (κ1) is 59.3. The fourth-order valence-corrected chi connectivity index (χ4v) is 10.4. The van der Waals surface area contributed by atoms with Gasteiger partial charge in [0.05, 0.1) is 16.2 Å². The van der Waals surface area contributed by atoms with Crippen LogP contribution in [0.1, 0.15) is 90.7 Å². The summed E-state index contributed by atoms with van der Waals surface area (Å²) in [6.07, 6.45) is 12.9. The summed E-state index contributed by atoms with van der Waals surface area (Å²) in [4.78, 5) is 1.56. The first-order valence-corrected chi connectivity index (χ1v) is 22.7. The Morgan fingerprint density at radius 3 is 1.53 bits per heavy atom. The molecule has 297 valence electrons. The first-order chi connectivity index (χ1) is 29.2. The van der Waals surface area contributed by atoms with Crippen molar-refractivity contribution in [2.75, 3.05) is 0 Å². The molecular formula is C49H65B3K4PS3. The summed E-state index contributed by atoms with van der Waals surface area (Å²) in [7, 11) is 11.3. The van der Waals surface area contributed by atoms with E-state index in [1.54, 1.807) is 16.0 Å². The van der Waals surface area contributed by atoms with Crippen LogP contribution in [0, 0.1) is 0 Å². The smallest absolute Gasteiger partial charge is 1.00 e. The molecule has 2 heterocycles. The summed E-state index contributed by atoms with van der Waals surface area (Å²) >= 11 is 7.87. The average molecular weight is 975 g/mol. The van der Waals surface area contributed by atoms with Gasteiger partial charge < -0.3 is 5.71 Å². The molecule has 3 aliphatic rings. The van der Waals surface area contributed by atoms with Crippen molar-refractivity contribution in [1.82, 2.24) is 0 Å². The van der Waals surface area contributed by atoms with Gasteiger partial charge in [0.15, 0.2) is 0 Å². The van der Waals surface area contributed by atoms with Crippen LogP contribution in [0.25, 0.3) is 31.3 Å². The molecule has 60 heavy (non-hydrogen) atoms. The quantitative estimate of drug-likeness (QED) is 0.193. The van der Waals surface area contributed by atoms with Gasteiger partial charge >= 0.3 is 206 Å². The van der Waals surface area contributed by atoms with Gasteiger partial charge in [-0.05, 0) is 90.0 Å². The van der Waals surface area contributed by atoms with Gasteiger partial charge in [-0.25, -0.2) is 0 Å². The van der Waals surface area contributed by atoms with E-state index in [1.165, 1.54) is 95.9 Å². The number of hydrogen-bond donors (Lipinski definition) is 0. The van der Waals surface area contributed by atoms with Crippen molar-refractivity contribution in [2.24, 2.45) is 0 Å². The number of benzene rings is 6. The Morgan fingerprint density at radius 1 is 0.617 bits per heavy atom. The molecule has 0 nitrogen and oxygen atoms in total. The molecule has 2 unspecified atom stereocenters. The second-order valence-corrected chi connectivity index (χ2v) is 16.0. The minimum absolute atomic E-state index is 0. The van der Waals surface area contributed by atoms with Gasteiger partial charge in [0, 0.05) is 43.0 Å². The minimum atomic E-state index is 0. The molecule has 0 spiro atoms. The van der Waals surface area contributed by atoms with Gasteiger partial charge in [-0.3, -0.25) is 0 Å². The van der Waals surface area contributed by atoms with Crippen LogP contribution in [-0.4, -0.2) is 33.8 Å². The van der Waals surface area contributed by atoms with Crippen molar-refractivity contribution in [3.63, 3.8) is 0 Å². The Hall–Kier alpha value is 3.15. The van der Waals surface area contributed by atoms with Gasteiger partial charge in [-0.15, -0.1) is 23.1 Å². The van der Waals surface area contributed by atoms with Crippen LogP contribution in [0.15, 0.2) is 169 Å². The van der Waals surface area contributed by atoms with E-state index < -0.39 is 0 Å². The van der Waals surface area contributed by atoms with Crippen LogP contribution in [0.4, 0.5) is 0 Å². The molecule has 2 atom stereocenters. The molecule has 2 fully saturated rings. The molecule has 1 aliphatic heterocycles. The molecule has 2 aliphatic carbocycles. The molecule has 11 heteroatoms. The maximum absolute atomic E-state index is 5.75. The molecule has 0 amide bonds. The van der Waals surface area contributed by atoms with Crippen LogP contribution < -0.4 is 206 Å².